The number of nitrogens with zero attached hydrogens (tertiary/aromatic N) is 1. The van der Waals surface area contributed by atoms with Gasteiger partial charge in [-0.1, -0.05) is 18.7 Å². The molecule has 0 saturated heterocycles. The minimum Gasteiger partial charge on any atom is -0.503 e. The van der Waals surface area contributed by atoms with Crippen LogP contribution < -0.4 is 5.56 Å². The minimum atomic E-state index is -0.660. The summed E-state index contributed by atoms with van der Waals surface area (Å²) in [6, 6.07) is 1.36. The molecule has 0 fully saturated rings. The van der Waals surface area contributed by atoms with Gasteiger partial charge in [0, 0.05) is 19.7 Å². The number of rotatable bonds is 6. The van der Waals surface area contributed by atoms with Gasteiger partial charge in [-0.2, -0.15) is 0 Å². The van der Waals surface area contributed by atoms with Crippen LogP contribution in [-0.2, 0) is 11.8 Å². The maximum atomic E-state index is 13.1. The molecule has 1 aliphatic heterocycles. The Morgan fingerprint density at radius 2 is 2.15 bits per heavy atom. The van der Waals surface area contributed by atoms with Crippen molar-refractivity contribution >= 4 is 5.78 Å². The number of pyridine rings is 1. The van der Waals surface area contributed by atoms with E-state index < -0.39 is 17.1 Å². The van der Waals surface area contributed by atoms with Gasteiger partial charge < -0.3 is 14.4 Å². The number of Topliss-reactive ketones (excluding diaryl/α,β-unsaturated/α-hetero) is 1. The van der Waals surface area contributed by atoms with Crippen molar-refractivity contribution in [2.24, 2.45) is 7.05 Å². The number of hydrogen-bond acceptors (Lipinski definition) is 4. The molecule has 5 nitrogen and oxygen atoms in total. The highest BCUT2D eigenvalue weighted by Gasteiger charge is 2.22. The summed E-state index contributed by atoms with van der Waals surface area (Å²) in [6.45, 7) is 5.42. The van der Waals surface area contributed by atoms with Crippen LogP contribution in [-0.4, -0.2) is 15.5 Å². The summed E-state index contributed by atoms with van der Waals surface area (Å²) in [7, 11) is 1.48. The Kier molecular flexibility index (Phi) is 6.11. The maximum absolute atomic E-state index is 13.1. The highest BCUT2D eigenvalue weighted by atomic mass is 19.1. The molecule has 0 aliphatic carbocycles. The van der Waals surface area contributed by atoms with Gasteiger partial charge in [-0.05, 0) is 43.2 Å². The largest absolute Gasteiger partial charge is 0.503 e. The molecule has 2 heterocycles. The van der Waals surface area contributed by atoms with E-state index in [1.54, 1.807) is 19.1 Å². The van der Waals surface area contributed by atoms with Crippen molar-refractivity contribution in [3.05, 3.63) is 88.1 Å². The third-order valence-corrected chi connectivity index (χ3v) is 3.76. The molecule has 0 bridgehead atoms. The third-order valence-electron chi connectivity index (χ3n) is 3.76. The zero-order valence-electron chi connectivity index (χ0n) is 14.7. The average Bonchev–Trinajstić information content (AvgIpc) is 2.64. The second kappa shape index (κ2) is 8.29. The van der Waals surface area contributed by atoms with Crippen LogP contribution in [0.2, 0.25) is 0 Å². The van der Waals surface area contributed by atoms with Crippen LogP contribution in [0.3, 0.4) is 0 Å². The van der Waals surface area contributed by atoms with E-state index in [2.05, 4.69) is 6.58 Å². The number of carbonyl (C=O) groups is 1. The Hall–Kier alpha value is -3.15. The molecule has 2 rings (SSSR count). The Bertz CT molecular complexity index is 916. The van der Waals surface area contributed by atoms with E-state index in [1.807, 2.05) is 0 Å². The third kappa shape index (κ3) is 4.47. The van der Waals surface area contributed by atoms with E-state index in [0.29, 0.717) is 24.2 Å². The Balaban J connectivity index is 2.10. The van der Waals surface area contributed by atoms with Gasteiger partial charge in [-0.3, -0.25) is 9.59 Å². The fourth-order valence-electron chi connectivity index (χ4n) is 2.28. The Morgan fingerprint density at radius 3 is 2.85 bits per heavy atom. The number of ether oxygens (including phenoxy) is 1. The Morgan fingerprint density at radius 1 is 1.42 bits per heavy atom. The van der Waals surface area contributed by atoms with Gasteiger partial charge >= 0.3 is 0 Å². The summed E-state index contributed by atoms with van der Waals surface area (Å²) in [5.74, 6) is -1.04. The molecule has 1 aromatic heterocycles. The van der Waals surface area contributed by atoms with Crippen LogP contribution >= 0.6 is 0 Å². The van der Waals surface area contributed by atoms with Gasteiger partial charge in [0.25, 0.3) is 5.56 Å². The summed E-state index contributed by atoms with van der Waals surface area (Å²) in [6.07, 6.45) is 9.68. The number of hydrogen-bond donors (Lipinski definition) is 1. The molecule has 0 spiro atoms. The fraction of sp³-hybridized carbons (Fsp3) is 0.200. The van der Waals surface area contributed by atoms with E-state index in [1.165, 1.54) is 42.1 Å². The molecule has 0 aromatic carbocycles. The molecule has 0 amide bonds. The minimum absolute atomic E-state index is 0.0301. The van der Waals surface area contributed by atoms with Crippen molar-refractivity contribution in [1.82, 2.24) is 4.57 Å². The smallest absolute Gasteiger partial charge is 0.293 e. The lowest BCUT2D eigenvalue weighted by atomic mass is 10.1. The first-order valence-electron chi connectivity index (χ1n) is 8.01. The number of ketones is 1. The molecular weight excluding hydrogens is 337 g/mol. The van der Waals surface area contributed by atoms with Crippen molar-refractivity contribution in [3.63, 3.8) is 0 Å². The highest BCUT2D eigenvalue weighted by Crippen LogP contribution is 2.25. The quantitative estimate of drug-likeness (QED) is 0.620. The first-order chi connectivity index (χ1) is 12.3. The number of allylic oxidation sites excluding steroid dienone is 8. The second-order valence-electron chi connectivity index (χ2n) is 5.74. The summed E-state index contributed by atoms with van der Waals surface area (Å²) < 4.78 is 19.9. The highest BCUT2D eigenvalue weighted by molar-refractivity contribution is 6.09. The molecule has 0 unspecified atom stereocenters. The molecule has 1 N–H and O–H groups in total. The van der Waals surface area contributed by atoms with Crippen LogP contribution in [0.5, 0.6) is 5.75 Å². The van der Waals surface area contributed by atoms with Crippen LogP contribution in [0.1, 0.15) is 30.1 Å². The van der Waals surface area contributed by atoms with Crippen LogP contribution in [0.4, 0.5) is 4.39 Å². The molecule has 0 atom stereocenters. The number of aromatic hydroxyl groups is 1. The van der Waals surface area contributed by atoms with Crippen molar-refractivity contribution in [2.75, 3.05) is 0 Å². The molecular formula is C20H20FNO4. The Labute approximate surface area is 150 Å². The molecule has 0 radical (unpaired) electrons. The van der Waals surface area contributed by atoms with Gasteiger partial charge in [0.1, 0.15) is 11.6 Å². The van der Waals surface area contributed by atoms with E-state index in [9.17, 15) is 19.1 Å². The van der Waals surface area contributed by atoms with Crippen molar-refractivity contribution in [2.45, 2.75) is 19.8 Å². The maximum Gasteiger partial charge on any atom is 0.293 e. The number of aromatic nitrogens is 1. The van der Waals surface area contributed by atoms with Crippen molar-refractivity contribution < 1.29 is 19.0 Å². The normalized spacial score (nSPS) is 14.7. The van der Waals surface area contributed by atoms with E-state index >= 15 is 0 Å². The molecule has 0 saturated carbocycles. The van der Waals surface area contributed by atoms with Crippen LogP contribution in [0.25, 0.3) is 0 Å². The van der Waals surface area contributed by atoms with Gasteiger partial charge in [0.2, 0.25) is 5.78 Å². The van der Waals surface area contributed by atoms with Crippen molar-refractivity contribution in [1.29, 1.82) is 0 Å². The summed E-state index contributed by atoms with van der Waals surface area (Å²) >= 11 is 0. The number of halogens is 1. The lowest BCUT2D eigenvalue weighted by Gasteiger charge is -2.17. The van der Waals surface area contributed by atoms with E-state index in [-0.39, 0.29) is 17.1 Å². The predicted molar refractivity (Wildman–Crippen MR) is 97.3 cm³/mol. The second-order valence-corrected chi connectivity index (χ2v) is 5.74. The zero-order valence-corrected chi connectivity index (χ0v) is 14.7. The van der Waals surface area contributed by atoms with E-state index in [0.717, 1.165) is 0 Å². The number of aryl methyl sites for hydroxylation is 1. The molecule has 136 valence electrons. The first kappa shape index (κ1) is 19.2. The predicted octanol–water partition coefficient (Wildman–Crippen LogP) is 3.84. The molecule has 26 heavy (non-hydrogen) atoms. The molecule has 1 aliphatic rings. The van der Waals surface area contributed by atoms with Gasteiger partial charge in [-0.15, -0.1) is 0 Å². The standard InChI is InChI=1S/C20H20FNO4/c1-4-14(21)9-8-13(2)12-15-6-5-7-17(26-15)18(23)16-10-11-22(3)20(25)19(16)24/h4,6-11,24H,2,5,12H2,1,3H3/b9-8-,14-4+. The van der Waals surface area contributed by atoms with Crippen LogP contribution in [0.15, 0.2) is 76.9 Å². The van der Waals surface area contributed by atoms with Crippen molar-refractivity contribution in [3.8, 4) is 5.75 Å². The molecule has 6 heteroatoms. The van der Waals surface area contributed by atoms with Gasteiger partial charge in [0.05, 0.1) is 5.56 Å². The van der Waals surface area contributed by atoms with E-state index in [4.69, 9.17) is 4.74 Å². The summed E-state index contributed by atoms with van der Waals surface area (Å²) in [5, 5.41) is 9.92. The van der Waals surface area contributed by atoms with Gasteiger partial charge in [-0.25, -0.2) is 4.39 Å². The fourth-order valence-corrected chi connectivity index (χ4v) is 2.28. The topological polar surface area (TPSA) is 68.5 Å². The SMILES string of the molecule is C=C(/C=C\C(F)=C/C)CC1=CCC=C(C(=O)c2ccn(C)c(=O)c2O)O1. The van der Waals surface area contributed by atoms with Crippen LogP contribution in [0, 0.1) is 0 Å². The zero-order chi connectivity index (χ0) is 19.3. The first-order valence-corrected chi connectivity index (χ1v) is 8.01. The monoisotopic (exact) mass is 357 g/mol. The molecule has 1 aromatic rings. The summed E-state index contributed by atoms with van der Waals surface area (Å²) in [5.41, 5.74) is -0.166. The number of carbonyl (C=O) groups excluding carboxylic acids is 1. The lowest BCUT2D eigenvalue weighted by Crippen LogP contribution is -2.19. The lowest BCUT2D eigenvalue weighted by molar-refractivity contribution is 0.0950. The van der Waals surface area contributed by atoms with Gasteiger partial charge in [0.15, 0.2) is 11.5 Å². The average molecular weight is 357 g/mol. The summed E-state index contributed by atoms with van der Waals surface area (Å²) in [4.78, 5) is 24.3.